The predicted molar refractivity (Wildman–Crippen MR) is 48.2 cm³/mol. The largest absolute Gasteiger partial charge is 0.380 e. The van der Waals surface area contributed by atoms with Crippen LogP contribution >= 0.6 is 0 Å². The Labute approximate surface area is 74.1 Å². The van der Waals surface area contributed by atoms with Gasteiger partial charge in [0.05, 0.1) is 6.61 Å². The monoisotopic (exact) mass is 170 g/mol. The highest BCUT2D eigenvalue weighted by atomic mass is 16.5. The molecule has 0 saturated carbocycles. The zero-order valence-corrected chi connectivity index (χ0v) is 7.75. The van der Waals surface area contributed by atoms with Crippen molar-refractivity contribution in [3.63, 3.8) is 0 Å². The standard InChI is InChI=1S/C9H18N2O/c1-11-5-8(6-11)4-10-9-2-3-12-7-9/h8-10H,2-7H2,1H3. The van der Waals surface area contributed by atoms with E-state index in [9.17, 15) is 0 Å². The predicted octanol–water partition coefficient (Wildman–Crippen LogP) is -0.0735. The van der Waals surface area contributed by atoms with Crippen molar-refractivity contribution in [3.8, 4) is 0 Å². The molecule has 1 atom stereocenters. The topological polar surface area (TPSA) is 24.5 Å². The lowest BCUT2D eigenvalue weighted by Crippen LogP contribution is -2.49. The lowest BCUT2D eigenvalue weighted by molar-refractivity contribution is 0.127. The van der Waals surface area contributed by atoms with Gasteiger partial charge in [0.1, 0.15) is 0 Å². The molecule has 2 rings (SSSR count). The lowest BCUT2D eigenvalue weighted by Gasteiger charge is -2.36. The van der Waals surface area contributed by atoms with Gasteiger partial charge in [0.15, 0.2) is 0 Å². The highest BCUT2D eigenvalue weighted by molar-refractivity contribution is 4.81. The van der Waals surface area contributed by atoms with E-state index >= 15 is 0 Å². The molecule has 0 aromatic carbocycles. The smallest absolute Gasteiger partial charge is 0.0620 e. The normalized spacial score (nSPS) is 32.2. The van der Waals surface area contributed by atoms with Crippen LogP contribution in [0.25, 0.3) is 0 Å². The Balaban J connectivity index is 1.56. The minimum atomic E-state index is 0.635. The molecule has 0 aromatic rings. The molecule has 1 unspecified atom stereocenters. The summed E-state index contributed by atoms with van der Waals surface area (Å²) in [5.41, 5.74) is 0. The van der Waals surface area contributed by atoms with Crippen molar-refractivity contribution in [3.05, 3.63) is 0 Å². The third kappa shape index (κ3) is 1.97. The molecule has 2 aliphatic rings. The molecule has 70 valence electrons. The van der Waals surface area contributed by atoms with E-state index < -0.39 is 0 Å². The Bertz CT molecular complexity index is 139. The van der Waals surface area contributed by atoms with E-state index in [1.54, 1.807) is 0 Å². The van der Waals surface area contributed by atoms with Crippen LogP contribution < -0.4 is 5.32 Å². The third-order valence-electron chi connectivity index (χ3n) is 2.76. The molecule has 2 fully saturated rings. The maximum absolute atomic E-state index is 5.29. The van der Waals surface area contributed by atoms with Crippen molar-refractivity contribution < 1.29 is 4.74 Å². The number of nitrogens with one attached hydrogen (secondary N) is 1. The van der Waals surface area contributed by atoms with Crippen LogP contribution in [0.2, 0.25) is 0 Å². The summed E-state index contributed by atoms with van der Waals surface area (Å²) in [4.78, 5) is 2.36. The van der Waals surface area contributed by atoms with Crippen molar-refractivity contribution in [1.82, 2.24) is 10.2 Å². The van der Waals surface area contributed by atoms with Crippen LogP contribution in [0.4, 0.5) is 0 Å². The van der Waals surface area contributed by atoms with Crippen LogP contribution in [0.5, 0.6) is 0 Å². The Morgan fingerprint density at radius 1 is 1.50 bits per heavy atom. The molecule has 0 bridgehead atoms. The van der Waals surface area contributed by atoms with Crippen LogP contribution in [0, 0.1) is 5.92 Å². The molecule has 0 amide bonds. The van der Waals surface area contributed by atoms with E-state index in [0.717, 1.165) is 19.1 Å². The number of nitrogens with zero attached hydrogens (tertiary/aromatic N) is 1. The summed E-state index contributed by atoms with van der Waals surface area (Å²) in [7, 11) is 2.18. The van der Waals surface area contributed by atoms with E-state index in [0.29, 0.717) is 6.04 Å². The van der Waals surface area contributed by atoms with Crippen molar-refractivity contribution in [1.29, 1.82) is 0 Å². The second kappa shape index (κ2) is 3.73. The van der Waals surface area contributed by atoms with Gasteiger partial charge in [0, 0.05) is 32.3 Å². The van der Waals surface area contributed by atoms with Crippen molar-refractivity contribution in [2.45, 2.75) is 12.5 Å². The molecule has 2 aliphatic heterocycles. The van der Waals surface area contributed by atoms with E-state index in [1.165, 1.54) is 26.1 Å². The second-order valence-electron chi connectivity index (χ2n) is 4.06. The molecule has 0 spiro atoms. The molecule has 2 saturated heterocycles. The second-order valence-corrected chi connectivity index (χ2v) is 4.06. The van der Waals surface area contributed by atoms with E-state index in [4.69, 9.17) is 4.74 Å². The maximum Gasteiger partial charge on any atom is 0.0620 e. The van der Waals surface area contributed by atoms with E-state index in [-0.39, 0.29) is 0 Å². The molecule has 2 heterocycles. The summed E-state index contributed by atoms with van der Waals surface area (Å²) in [5.74, 6) is 0.885. The summed E-state index contributed by atoms with van der Waals surface area (Å²) in [6, 6.07) is 0.635. The average molecular weight is 170 g/mol. The highest BCUT2D eigenvalue weighted by Crippen LogP contribution is 2.12. The van der Waals surface area contributed by atoms with Crippen LogP contribution in [0.1, 0.15) is 6.42 Å². The minimum Gasteiger partial charge on any atom is -0.380 e. The summed E-state index contributed by atoms with van der Waals surface area (Å²) in [6.07, 6.45) is 1.20. The molecule has 0 aliphatic carbocycles. The molecule has 1 N–H and O–H groups in total. The first-order valence-corrected chi connectivity index (χ1v) is 4.84. The van der Waals surface area contributed by atoms with Crippen molar-refractivity contribution >= 4 is 0 Å². The SMILES string of the molecule is CN1CC(CNC2CCOC2)C1. The van der Waals surface area contributed by atoms with Crippen molar-refractivity contribution in [2.24, 2.45) is 5.92 Å². The number of likely N-dealkylation sites (tertiary alicyclic amines) is 1. The minimum absolute atomic E-state index is 0.635. The Hall–Kier alpha value is -0.120. The first-order chi connectivity index (χ1) is 5.84. The summed E-state index contributed by atoms with van der Waals surface area (Å²) < 4.78 is 5.29. The van der Waals surface area contributed by atoms with E-state index in [1.807, 2.05) is 0 Å². The fourth-order valence-electron chi connectivity index (χ4n) is 1.99. The van der Waals surface area contributed by atoms with Gasteiger partial charge in [0.2, 0.25) is 0 Å². The first-order valence-electron chi connectivity index (χ1n) is 4.84. The van der Waals surface area contributed by atoms with Gasteiger partial charge in [-0.2, -0.15) is 0 Å². The van der Waals surface area contributed by atoms with Crippen LogP contribution in [-0.4, -0.2) is 50.8 Å². The van der Waals surface area contributed by atoms with Crippen LogP contribution in [0.3, 0.4) is 0 Å². The zero-order chi connectivity index (χ0) is 8.39. The molecular formula is C9H18N2O. The van der Waals surface area contributed by atoms with Crippen molar-refractivity contribution in [2.75, 3.05) is 39.9 Å². The van der Waals surface area contributed by atoms with E-state index in [2.05, 4.69) is 17.3 Å². The molecule has 0 aromatic heterocycles. The Kier molecular flexibility index (Phi) is 2.63. The Morgan fingerprint density at radius 2 is 2.33 bits per heavy atom. The molecule has 3 nitrogen and oxygen atoms in total. The summed E-state index contributed by atoms with van der Waals surface area (Å²) >= 11 is 0. The molecule has 3 heteroatoms. The Morgan fingerprint density at radius 3 is 2.92 bits per heavy atom. The maximum atomic E-state index is 5.29. The van der Waals surface area contributed by atoms with Gasteiger partial charge in [-0.3, -0.25) is 0 Å². The van der Waals surface area contributed by atoms with Crippen LogP contribution in [-0.2, 0) is 4.74 Å². The number of rotatable bonds is 3. The molecule has 12 heavy (non-hydrogen) atoms. The highest BCUT2D eigenvalue weighted by Gasteiger charge is 2.24. The van der Waals surface area contributed by atoms with Gasteiger partial charge in [-0.25, -0.2) is 0 Å². The van der Waals surface area contributed by atoms with Gasteiger partial charge in [-0.1, -0.05) is 0 Å². The fraction of sp³-hybridized carbons (Fsp3) is 1.00. The first kappa shape index (κ1) is 8.48. The molecule has 0 radical (unpaired) electrons. The van der Waals surface area contributed by atoms with Crippen LogP contribution in [0.15, 0.2) is 0 Å². The summed E-state index contributed by atoms with van der Waals surface area (Å²) in [5, 5.41) is 3.55. The number of hydrogen-bond donors (Lipinski definition) is 1. The number of ether oxygens (including phenoxy) is 1. The molecular weight excluding hydrogens is 152 g/mol. The fourth-order valence-corrected chi connectivity index (χ4v) is 1.99. The number of hydrogen-bond acceptors (Lipinski definition) is 3. The lowest BCUT2D eigenvalue weighted by atomic mass is 10.0. The quantitative estimate of drug-likeness (QED) is 0.641. The van der Waals surface area contributed by atoms with Gasteiger partial charge in [-0.05, 0) is 19.4 Å². The van der Waals surface area contributed by atoms with Gasteiger partial charge in [0.25, 0.3) is 0 Å². The summed E-state index contributed by atoms with van der Waals surface area (Å²) in [6.45, 7) is 5.57. The average Bonchev–Trinajstić information content (AvgIpc) is 2.47. The third-order valence-corrected chi connectivity index (χ3v) is 2.76. The zero-order valence-electron chi connectivity index (χ0n) is 7.75. The van der Waals surface area contributed by atoms with Gasteiger partial charge in [-0.15, -0.1) is 0 Å². The van der Waals surface area contributed by atoms with Gasteiger partial charge >= 0.3 is 0 Å². The van der Waals surface area contributed by atoms with Gasteiger partial charge < -0.3 is 15.0 Å².